The minimum atomic E-state index is -1.45. The molecule has 2 N–H and O–H groups in total. The van der Waals surface area contributed by atoms with Crippen LogP contribution in [0, 0.1) is 5.82 Å². The van der Waals surface area contributed by atoms with Crippen LogP contribution in [-0.4, -0.2) is 12.2 Å². The van der Waals surface area contributed by atoms with Crippen molar-refractivity contribution in [2.45, 2.75) is 19.0 Å². The predicted octanol–water partition coefficient (Wildman–Crippen LogP) is 2.06. The summed E-state index contributed by atoms with van der Waals surface area (Å²) in [7, 11) is 0. The molecule has 0 aliphatic carbocycles. The number of alkyl halides is 1. The Hall–Kier alpha value is -0.960. The normalized spacial score (nSPS) is 15.4. The second kappa shape index (κ2) is 3.83. The van der Waals surface area contributed by atoms with E-state index >= 15 is 0 Å². The molecule has 0 aliphatic heterocycles. The molecule has 1 unspecified atom stereocenters. The largest absolute Gasteiger partial charge is 0.328 e. The number of halogens is 2. The molecule has 0 fully saturated rings. The lowest BCUT2D eigenvalue weighted by Crippen LogP contribution is -2.31. The summed E-state index contributed by atoms with van der Waals surface area (Å²) >= 11 is 0. The van der Waals surface area contributed by atoms with Crippen LogP contribution in [-0.2, 0) is 6.42 Å². The van der Waals surface area contributed by atoms with Crippen molar-refractivity contribution in [3.63, 3.8) is 0 Å². The average molecular weight is 185 g/mol. The number of benzene rings is 1. The summed E-state index contributed by atoms with van der Waals surface area (Å²) in [5, 5.41) is 0. The summed E-state index contributed by atoms with van der Waals surface area (Å²) in [5.74, 6) is -0.342. The zero-order valence-electron chi connectivity index (χ0n) is 7.56. The highest BCUT2D eigenvalue weighted by atomic mass is 19.1. The molecule has 1 aromatic rings. The van der Waals surface area contributed by atoms with Crippen molar-refractivity contribution in [2.24, 2.45) is 5.73 Å². The summed E-state index contributed by atoms with van der Waals surface area (Å²) in [5.41, 5.74) is 4.41. The van der Waals surface area contributed by atoms with E-state index in [0.29, 0.717) is 5.56 Å². The molecular weight excluding hydrogens is 172 g/mol. The fraction of sp³-hybridized carbons (Fsp3) is 0.400. The molecule has 1 aromatic carbocycles. The molecule has 1 rings (SSSR count). The number of hydrogen-bond donors (Lipinski definition) is 1. The lowest BCUT2D eigenvalue weighted by atomic mass is 9.98. The van der Waals surface area contributed by atoms with E-state index in [0.717, 1.165) is 0 Å². The Kier molecular flexibility index (Phi) is 2.98. The Bertz CT molecular complexity index is 284. The molecule has 0 aromatic heterocycles. The van der Waals surface area contributed by atoms with E-state index in [1.54, 1.807) is 12.1 Å². The van der Waals surface area contributed by atoms with Crippen molar-refractivity contribution >= 4 is 0 Å². The van der Waals surface area contributed by atoms with Gasteiger partial charge in [0.2, 0.25) is 0 Å². The molecule has 0 heterocycles. The first-order valence-corrected chi connectivity index (χ1v) is 4.17. The van der Waals surface area contributed by atoms with E-state index in [-0.39, 0.29) is 18.8 Å². The molecule has 0 amide bonds. The second-order valence-electron chi connectivity index (χ2n) is 3.42. The van der Waals surface area contributed by atoms with Gasteiger partial charge in [-0.1, -0.05) is 12.1 Å². The molecule has 1 nitrogen and oxygen atoms in total. The third kappa shape index (κ3) is 3.11. The highest BCUT2D eigenvalue weighted by Gasteiger charge is 2.21. The highest BCUT2D eigenvalue weighted by molar-refractivity contribution is 5.18. The minimum Gasteiger partial charge on any atom is -0.328 e. The number of rotatable bonds is 3. The van der Waals surface area contributed by atoms with Gasteiger partial charge in [-0.15, -0.1) is 0 Å². The Balaban J connectivity index is 2.74. The van der Waals surface area contributed by atoms with Gasteiger partial charge in [0.15, 0.2) is 0 Å². The first-order valence-electron chi connectivity index (χ1n) is 4.17. The fourth-order valence-corrected chi connectivity index (χ4v) is 1.14. The van der Waals surface area contributed by atoms with Crippen molar-refractivity contribution in [2.75, 3.05) is 6.54 Å². The van der Waals surface area contributed by atoms with E-state index in [1.807, 2.05) is 0 Å². The molecule has 0 spiro atoms. The van der Waals surface area contributed by atoms with Crippen LogP contribution in [0.2, 0.25) is 0 Å². The van der Waals surface area contributed by atoms with Crippen LogP contribution in [0.25, 0.3) is 0 Å². The number of hydrogen-bond acceptors (Lipinski definition) is 1. The van der Waals surface area contributed by atoms with E-state index in [9.17, 15) is 8.78 Å². The van der Waals surface area contributed by atoms with Gasteiger partial charge in [0.25, 0.3) is 0 Å². The van der Waals surface area contributed by atoms with Crippen LogP contribution in [0.5, 0.6) is 0 Å². The zero-order valence-corrected chi connectivity index (χ0v) is 7.56. The fourth-order valence-electron chi connectivity index (χ4n) is 1.14. The third-order valence-electron chi connectivity index (χ3n) is 1.89. The zero-order chi connectivity index (χ0) is 9.90. The molecule has 0 saturated heterocycles. The Morgan fingerprint density at radius 3 is 2.69 bits per heavy atom. The lowest BCUT2D eigenvalue weighted by molar-refractivity contribution is 0.200. The van der Waals surface area contributed by atoms with Crippen LogP contribution in [0.4, 0.5) is 8.78 Å². The summed E-state index contributed by atoms with van der Waals surface area (Å²) in [6.07, 6.45) is 0.154. The van der Waals surface area contributed by atoms with Gasteiger partial charge >= 0.3 is 0 Å². The van der Waals surface area contributed by atoms with Gasteiger partial charge in [-0.2, -0.15) is 0 Å². The van der Waals surface area contributed by atoms with Gasteiger partial charge in [-0.25, -0.2) is 8.78 Å². The molecule has 3 heteroatoms. The van der Waals surface area contributed by atoms with Crippen molar-refractivity contribution in [1.29, 1.82) is 0 Å². The Morgan fingerprint density at radius 2 is 2.15 bits per heavy atom. The first kappa shape index (κ1) is 10.1. The van der Waals surface area contributed by atoms with Gasteiger partial charge in [0.1, 0.15) is 11.5 Å². The van der Waals surface area contributed by atoms with E-state index < -0.39 is 5.67 Å². The molecule has 0 radical (unpaired) electrons. The van der Waals surface area contributed by atoms with Crippen LogP contribution < -0.4 is 5.73 Å². The van der Waals surface area contributed by atoms with Gasteiger partial charge in [0, 0.05) is 13.0 Å². The topological polar surface area (TPSA) is 26.0 Å². The summed E-state index contributed by atoms with van der Waals surface area (Å²) in [6.45, 7) is 1.36. The SMILES string of the molecule is CC(F)(CN)Cc1cccc(F)c1. The van der Waals surface area contributed by atoms with Gasteiger partial charge in [-0.05, 0) is 24.6 Å². The van der Waals surface area contributed by atoms with Crippen molar-refractivity contribution in [3.05, 3.63) is 35.6 Å². The Morgan fingerprint density at radius 1 is 1.46 bits per heavy atom. The quantitative estimate of drug-likeness (QED) is 0.766. The molecule has 72 valence electrons. The maximum Gasteiger partial charge on any atom is 0.124 e. The average Bonchev–Trinajstić information content (AvgIpc) is 2.03. The summed E-state index contributed by atoms with van der Waals surface area (Å²) in [6, 6.07) is 5.92. The van der Waals surface area contributed by atoms with Gasteiger partial charge in [0.05, 0.1) is 0 Å². The van der Waals surface area contributed by atoms with Crippen molar-refractivity contribution in [3.8, 4) is 0 Å². The van der Waals surface area contributed by atoms with Crippen molar-refractivity contribution < 1.29 is 8.78 Å². The monoisotopic (exact) mass is 185 g/mol. The predicted molar refractivity (Wildman–Crippen MR) is 48.7 cm³/mol. The third-order valence-corrected chi connectivity index (χ3v) is 1.89. The lowest BCUT2D eigenvalue weighted by Gasteiger charge is -2.17. The molecule has 1 atom stereocenters. The molecular formula is C10H13F2N. The molecule has 0 aliphatic rings. The first-order chi connectivity index (χ1) is 6.03. The highest BCUT2D eigenvalue weighted by Crippen LogP contribution is 2.16. The Labute approximate surface area is 76.6 Å². The maximum absolute atomic E-state index is 13.4. The molecule has 0 saturated carbocycles. The molecule has 13 heavy (non-hydrogen) atoms. The van der Waals surface area contributed by atoms with Gasteiger partial charge in [-0.3, -0.25) is 0 Å². The van der Waals surface area contributed by atoms with Crippen LogP contribution in [0.3, 0.4) is 0 Å². The molecule has 0 bridgehead atoms. The van der Waals surface area contributed by atoms with Gasteiger partial charge < -0.3 is 5.73 Å². The van der Waals surface area contributed by atoms with E-state index in [1.165, 1.54) is 19.1 Å². The maximum atomic E-state index is 13.4. The summed E-state index contributed by atoms with van der Waals surface area (Å²) in [4.78, 5) is 0. The van der Waals surface area contributed by atoms with Crippen LogP contribution >= 0.6 is 0 Å². The van der Waals surface area contributed by atoms with E-state index in [2.05, 4.69) is 0 Å². The van der Waals surface area contributed by atoms with Crippen molar-refractivity contribution in [1.82, 2.24) is 0 Å². The van der Waals surface area contributed by atoms with Crippen LogP contribution in [0.1, 0.15) is 12.5 Å². The van der Waals surface area contributed by atoms with Crippen LogP contribution in [0.15, 0.2) is 24.3 Å². The minimum absolute atomic E-state index is 0.0521. The smallest absolute Gasteiger partial charge is 0.124 e. The standard InChI is InChI=1S/C10H13F2N/c1-10(12,7-13)6-8-3-2-4-9(11)5-8/h2-5H,6-7,13H2,1H3. The van der Waals surface area contributed by atoms with E-state index in [4.69, 9.17) is 5.73 Å². The number of nitrogens with two attached hydrogens (primary N) is 1. The summed E-state index contributed by atoms with van der Waals surface area (Å²) < 4.78 is 26.1. The second-order valence-corrected chi connectivity index (χ2v) is 3.42.